The molecule has 1 fully saturated rings. The molecule has 1 saturated carbocycles. The Morgan fingerprint density at radius 3 is 2.71 bits per heavy atom. The number of methoxy groups -OCH3 is 1. The SMILES string of the molecule is COC1CC(NCc2csc(C(C)(C)C)n2)C1. The fraction of sp³-hybridized carbons (Fsp3) is 0.769. The maximum Gasteiger partial charge on any atom is 0.0982 e. The monoisotopic (exact) mass is 254 g/mol. The van der Waals surface area contributed by atoms with E-state index in [2.05, 4.69) is 36.5 Å². The van der Waals surface area contributed by atoms with Gasteiger partial charge >= 0.3 is 0 Å². The Hall–Kier alpha value is -0.450. The first-order valence-corrected chi connectivity index (χ1v) is 7.08. The van der Waals surface area contributed by atoms with Crippen LogP contribution in [0.5, 0.6) is 0 Å². The van der Waals surface area contributed by atoms with Gasteiger partial charge in [0.25, 0.3) is 0 Å². The van der Waals surface area contributed by atoms with E-state index in [0.717, 1.165) is 19.4 Å². The number of rotatable bonds is 4. The molecule has 96 valence electrons. The predicted molar refractivity (Wildman–Crippen MR) is 71.5 cm³/mol. The van der Waals surface area contributed by atoms with Crippen molar-refractivity contribution in [2.75, 3.05) is 7.11 Å². The van der Waals surface area contributed by atoms with Gasteiger partial charge in [-0.05, 0) is 12.8 Å². The average molecular weight is 254 g/mol. The molecule has 1 aromatic heterocycles. The van der Waals surface area contributed by atoms with Crippen LogP contribution in [0.2, 0.25) is 0 Å². The zero-order valence-corrected chi connectivity index (χ0v) is 11.9. The molecule has 2 rings (SSSR count). The Labute approximate surface area is 108 Å². The highest BCUT2D eigenvalue weighted by Gasteiger charge is 2.28. The van der Waals surface area contributed by atoms with Crippen LogP contribution in [0.4, 0.5) is 0 Å². The van der Waals surface area contributed by atoms with Crippen molar-refractivity contribution in [3.05, 3.63) is 16.1 Å². The van der Waals surface area contributed by atoms with E-state index in [1.165, 1.54) is 10.7 Å². The van der Waals surface area contributed by atoms with Crippen LogP contribution in [-0.2, 0) is 16.7 Å². The summed E-state index contributed by atoms with van der Waals surface area (Å²) < 4.78 is 5.26. The van der Waals surface area contributed by atoms with Crippen molar-refractivity contribution < 1.29 is 4.74 Å². The van der Waals surface area contributed by atoms with E-state index >= 15 is 0 Å². The summed E-state index contributed by atoms with van der Waals surface area (Å²) >= 11 is 1.76. The van der Waals surface area contributed by atoms with Crippen LogP contribution in [0.25, 0.3) is 0 Å². The molecule has 4 heteroatoms. The number of nitrogens with zero attached hydrogens (tertiary/aromatic N) is 1. The molecule has 0 bridgehead atoms. The molecule has 1 aromatic rings. The summed E-state index contributed by atoms with van der Waals surface area (Å²) in [7, 11) is 1.79. The van der Waals surface area contributed by atoms with Gasteiger partial charge < -0.3 is 10.1 Å². The van der Waals surface area contributed by atoms with Gasteiger partial charge in [0.2, 0.25) is 0 Å². The van der Waals surface area contributed by atoms with Crippen LogP contribution < -0.4 is 5.32 Å². The van der Waals surface area contributed by atoms with Crippen LogP contribution in [0.3, 0.4) is 0 Å². The average Bonchev–Trinajstić information content (AvgIpc) is 2.63. The summed E-state index contributed by atoms with van der Waals surface area (Å²) in [5.74, 6) is 0. The van der Waals surface area contributed by atoms with Gasteiger partial charge in [-0.1, -0.05) is 20.8 Å². The number of nitrogens with one attached hydrogen (secondary N) is 1. The van der Waals surface area contributed by atoms with Gasteiger partial charge in [0, 0.05) is 30.5 Å². The summed E-state index contributed by atoms with van der Waals surface area (Å²) in [6, 6.07) is 0.611. The molecule has 1 aliphatic carbocycles. The van der Waals surface area contributed by atoms with Crippen molar-refractivity contribution >= 4 is 11.3 Å². The minimum Gasteiger partial charge on any atom is -0.381 e. The van der Waals surface area contributed by atoms with Crippen molar-refractivity contribution in [3.63, 3.8) is 0 Å². The van der Waals surface area contributed by atoms with E-state index in [9.17, 15) is 0 Å². The molecule has 17 heavy (non-hydrogen) atoms. The topological polar surface area (TPSA) is 34.1 Å². The Morgan fingerprint density at radius 1 is 1.47 bits per heavy atom. The molecular weight excluding hydrogens is 232 g/mol. The second-order valence-electron chi connectivity index (χ2n) is 5.80. The van der Waals surface area contributed by atoms with Gasteiger partial charge in [-0.25, -0.2) is 4.98 Å². The van der Waals surface area contributed by atoms with Crippen molar-refractivity contribution in [1.29, 1.82) is 0 Å². The number of ether oxygens (including phenoxy) is 1. The van der Waals surface area contributed by atoms with Gasteiger partial charge in [0.15, 0.2) is 0 Å². The molecule has 0 unspecified atom stereocenters. The van der Waals surface area contributed by atoms with Gasteiger partial charge in [0.1, 0.15) is 0 Å². The molecule has 1 aliphatic rings. The van der Waals surface area contributed by atoms with Crippen molar-refractivity contribution in [2.45, 2.75) is 57.7 Å². The standard InChI is InChI=1S/C13H22N2OS/c1-13(2,3)12-15-10(8-17-12)7-14-9-5-11(6-9)16-4/h8-9,11,14H,5-7H2,1-4H3. The van der Waals surface area contributed by atoms with E-state index < -0.39 is 0 Å². The lowest BCUT2D eigenvalue weighted by atomic mass is 9.89. The summed E-state index contributed by atoms with van der Waals surface area (Å²) in [4.78, 5) is 4.68. The van der Waals surface area contributed by atoms with Crippen LogP contribution in [0.1, 0.15) is 44.3 Å². The summed E-state index contributed by atoms with van der Waals surface area (Å²) in [5, 5.41) is 6.92. The Morgan fingerprint density at radius 2 is 2.18 bits per heavy atom. The zero-order chi connectivity index (χ0) is 12.5. The highest BCUT2D eigenvalue weighted by Crippen LogP contribution is 2.26. The lowest BCUT2D eigenvalue weighted by molar-refractivity contribution is 0.0169. The van der Waals surface area contributed by atoms with E-state index in [0.29, 0.717) is 12.1 Å². The van der Waals surface area contributed by atoms with Crippen LogP contribution in [-0.4, -0.2) is 24.2 Å². The maximum atomic E-state index is 5.26. The van der Waals surface area contributed by atoms with Gasteiger partial charge in [-0.15, -0.1) is 11.3 Å². The van der Waals surface area contributed by atoms with E-state index in [1.807, 2.05) is 0 Å². The molecule has 0 aromatic carbocycles. The third-order valence-electron chi connectivity index (χ3n) is 3.19. The summed E-state index contributed by atoms with van der Waals surface area (Å²) in [6.45, 7) is 7.50. The third-order valence-corrected chi connectivity index (χ3v) is 4.51. The quantitative estimate of drug-likeness (QED) is 0.897. The molecule has 1 N–H and O–H groups in total. The normalized spacial score (nSPS) is 24.7. The molecule has 0 radical (unpaired) electrons. The highest BCUT2D eigenvalue weighted by molar-refractivity contribution is 7.09. The zero-order valence-electron chi connectivity index (χ0n) is 11.1. The second-order valence-corrected chi connectivity index (χ2v) is 6.66. The largest absolute Gasteiger partial charge is 0.381 e. The van der Waals surface area contributed by atoms with E-state index in [1.54, 1.807) is 18.4 Å². The molecule has 0 aliphatic heterocycles. The fourth-order valence-corrected chi connectivity index (χ4v) is 2.81. The number of hydrogen-bond acceptors (Lipinski definition) is 4. The van der Waals surface area contributed by atoms with Crippen LogP contribution in [0.15, 0.2) is 5.38 Å². The smallest absolute Gasteiger partial charge is 0.0982 e. The van der Waals surface area contributed by atoms with Gasteiger partial charge in [0.05, 0.1) is 16.8 Å². The predicted octanol–water partition coefficient (Wildman–Crippen LogP) is 2.71. The first kappa shape index (κ1) is 13.0. The minimum atomic E-state index is 0.167. The Balaban J connectivity index is 1.78. The summed E-state index contributed by atoms with van der Waals surface area (Å²) in [5.41, 5.74) is 1.33. The minimum absolute atomic E-state index is 0.167. The van der Waals surface area contributed by atoms with E-state index in [4.69, 9.17) is 4.74 Å². The van der Waals surface area contributed by atoms with E-state index in [-0.39, 0.29) is 5.41 Å². The maximum absolute atomic E-state index is 5.26. The van der Waals surface area contributed by atoms with Crippen LogP contribution >= 0.6 is 11.3 Å². The second kappa shape index (κ2) is 5.04. The van der Waals surface area contributed by atoms with Crippen LogP contribution in [0, 0.1) is 0 Å². The van der Waals surface area contributed by atoms with Gasteiger partial charge in [-0.2, -0.15) is 0 Å². The summed E-state index contributed by atoms with van der Waals surface area (Å²) in [6.07, 6.45) is 2.73. The molecule has 0 atom stereocenters. The van der Waals surface area contributed by atoms with Gasteiger partial charge in [-0.3, -0.25) is 0 Å². The van der Waals surface area contributed by atoms with Crippen molar-refractivity contribution in [2.24, 2.45) is 0 Å². The fourth-order valence-electron chi connectivity index (χ4n) is 1.91. The Bertz CT molecular complexity index is 364. The molecule has 1 heterocycles. The lowest BCUT2D eigenvalue weighted by Gasteiger charge is -2.34. The van der Waals surface area contributed by atoms with Crippen molar-refractivity contribution in [1.82, 2.24) is 10.3 Å². The lowest BCUT2D eigenvalue weighted by Crippen LogP contribution is -2.44. The molecule has 3 nitrogen and oxygen atoms in total. The molecule has 0 spiro atoms. The third kappa shape index (κ3) is 3.27. The molecule has 0 amide bonds. The molecule has 0 saturated heterocycles. The Kier molecular flexibility index (Phi) is 3.85. The number of aromatic nitrogens is 1. The first-order chi connectivity index (χ1) is 7.99. The molecular formula is C13H22N2OS. The highest BCUT2D eigenvalue weighted by atomic mass is 32.1. The van der Waals surface area contributed by atoms with Crippen molar-refractivity contribution in [3.8, 4) is 0 Å². The number of hydrogen-bond donors (Lipinski definition) is 1. The first-order valence-electron chi connectivity index (χ1n) is 6.20. The number of thiazole rings is 1.